The van der Waals surface area contributed by atoms with E-state index < -0.39 is 0 Å². The number of piperidine rings is 1. The fourth-order valence-electron chi connectivity index (χ4n) is 3.87. The third-order valence-electron chi connectivity index (χ3n) is 5.58. The zero-order chi connectivity index (χ0) is 14.4. The quantitative estimate of drug-likeness (QED) is 0.725. The lowest BCUT2D eigenvalue weighted by Gasteiger charge is -2.51. The highest BCUT2D eigenvalue weighted by molar-refractivity contribution is 5.89. The van der Waals surface area contributed by atoms with Crippen LogP contribution in [0.25, 0.3) is 0 Å². The molecule has 112 valence electrons. The third-order valence-corrected chi connectivity index (χ3v) is 5.58. The summed E-state index contributed by atoms with van der Waals surface area (Å²) in [4.78, 5) is 28.0. The van der Waals surface area contributed by atoms with Gasteiger partial charge in [0.15, 0.2) is 0 Å². The topological polar surface area (TPSA) is 49.9 Å². The number of hydrogen-bond acceptors (Lipinski definition) is 3. The summed E-state index contributed by atoms with van der Waals surface area (Å²) in [5.41, 5.74) is -0.348. The van der Waals surface area contributed by atoms with Crippen molar-refractivity contribution in [1.82, 2.24) is 9.80 Å². The minimum absolute atomic E-state index is 0.152. The molecule has 0 unspecified atom stereocenters. The van der Waals surface area contributed by atoms with E-state index in [0.29, 0.717) is 6.42 Å². The van der Waals surface area contributed by atoms with Gasteiger partial charge in [0.2, 0.25) is 11.8 Å². The number of likely N-dealkylation sites (tertiary alicyclic amines) is 2. The van der Waals surface area contributed by atoms with E-state index in [1.165, 1.54) is 0 Å². The Hall–Kier alpha value is -1.10. The van der Waals surface area contributed by atoms with Gasteiger partial charge in [-0.3, -0.25) is 9.59 Å². The number of ether oxygens (including phenoxy) is 1. The van der Waals surface area contributed by atoms with Gasteiger partial charge in [0.1, 0.15) is 0 Å². The van der Waals surface area contributed by atoms with Crippen molar-refractivity contribution in [2.45, 2.75) is 44.1 Å². The van der Waals surface area contributed by atoms with Crippen LogP contribution in [0.15, 0.2) is 0 Å². The Kier molecular flexibility index (Phi) is 3.27. The Labute approximate surface area is 120 Å². The Bertz CT molecular complexity index is 417. The van der Waals surface area contributed by atoms with Gasteiger partial charge in [-0.05, 0) is 32.1 Å². The number of carbonyl (C=O) groups is 2. The summed E-state index contributed by atoms with van der Waals surface area (Å²) in [7, 11) is 3.56. The SMILES string of the molecule is COC1(CC(=O)N2CCC3(CC2)CN(C)C3=O)CCC1. The maximum Gasteiger partial charge on any atom is 0.230 e. The van der Waals surface area contributed by atoms with Crippen LogP contribution in [0.4, 0.5) is 0 Å². The summed E-state index contributed by atoms with van der Waals surface area (Å²) in [5, 5.41) is 0. The molecule has 5 nitrogen and oxygen atoms in total. The molecule has 0 aromatic rings. The van der Waals surface area contributed by atoms with Gasteiger partial charge >= 0.3 is 0 Å². The van der Waals surface area contributed by atoms with Crippen molar-refractivity contribution in [3.8, 4) is 0 Å². The van der Waals surface area contributed by atoms with Crippen LogP contribution in [0.5, 0.6) is 0 Å². The molecule has 3 rings (SSSR count). The predicted molar refractivity (Wildman–Crippen MR) is 74.1 cm³/mol. The fourth-order valence-corrected chi connectivity index (χ4v) is 3.87. The van der Waals surface area contributed by atoms with Crippen LogP contribution in [-0.2, 0) is 14.3 Å². The molecule has 3 aliphatic rings. The second-order valence-electron chi connectivity index (χ2n) is 6.74. The van der Waals surface area contributed by atoms with Crippen molar-refractivity contribution in [2.24, 2.45) is 5.41 Å². The maximum atomic E-state index is 12.4. The van der Waals surface area contributed by atoms with E-state index in [1.54, 1.807) is 12.0 Å². The first-order valence-electron chi connectivity index (χ1n) is 7.59. The largest absolute Gasteiger partial charge is 0.378 e. The summed E-state index contributed by atoms with van der Waals surface area (Å²) >= 11 is 0. The highest BCUT2D eigenvalue weighted by Gasteiger charge is 2.52. The first-order chi connectivity index (χ1) is 9.50. The molecule has 1 saturated carbocycles. The van der Waals surface area contributed by atoms with Gasteiger partial charge in [-0.25, -0.2) is 0 Å². The molecule has 0 aromatic carbocycles. The zero-order valence-corrected chi connectivity index (χ0v) is 12.5. The van der Waals surface area contributed by atoms with Crippen molar-refractivity contribution in [3.63, 3.8) is 0 Å². The molecular weight excluding hydrogens is 256 g/mol. The molecule has 2 saturated heterocycles. The van der Waals surface area contributed by atoms with Crippen LogP contribution in [0.2, 0.25) is 0 Å². The molecule has 1 spiro atoms. The molecule has 1 aliphatic carbocycles. The van der Waals surface area contributed by atoms with Crippen molar-refractivity contribution in [3.05, 3.63) is 0 Å². The summed E-state index contributed by atoms with van der Waals surface area (Å²) in [6.07, 6.45) is 5.30. The number of amides is 2. The highest BCUT2D eigenvalue weighted by atomic mass is 16.5. The van der Waals surface area contributed by atoms with Gasteiger partial charge < -0.3 is 14.5 Å². The van der Waals surface area contributed by atoms with Crippen molar-refractivity contribution >= 4 is 11.8 Å². The van der Waals surface area contributed by atoms with Crippen molar-refractivity contribution in [1.29, 1.82) is 0 Å². The molecule has 2 aliphatic heterocycles. The number of β-lactam (4-membered cyclic amide) rings is 1. The van der Waals surface area contributed by atoms with Gasteiger partial charge in [0.05, 0.1) is 17.4 Å². The van der Waals surface area contributed by atoms with E-state index in [2.05, 4.69) is 0 Å². The first kappa shape index (κ1) is 13.9. The number of nitrogens with zero attached hydrogens (tertiary/aromatic N) is 2. The smallest absolute Gasteiger partial charge is 0.230 e. The first-order valence-corrected chi connectivity index (χ1v) is 7.59. The molecule has 0 bridgehead atoms. The predicted octanol–water partition coefficient (Wildman–Crippen LogP) is 1.03. The van der Waals surface area contributed by atoms with Crippen molar-refractivity contribution < 1.29 is 14.3 Å². The van der Waals surface area contributed by atoms with Crippen LogP contribution in [0.1, 0.15) is 38.5 Å². The second-order valence-corrected chi connectivity index (χ2v) is 6.74. The van der Waals surface area contributed by atoms with Gasteiger partial charge in [0, 0.05) is 33.8 Å². The molecule has 5 heteroatoms. The Morgan fingerprint density at radius 3 is 2.30 bits per heavy atom. The van der Waals surface area contributed by atoms with Crippen LogP contribution < -0.4 is 0 Å². The van der Waals surface area contributed by atoms with E-state index in [1.807, 2.05) is 11.9 Å². The summed E-state index contributed by atoms with van der Waals surface area (Å²) in [5.74, 6) is 0.457. The van der Waals surface area contributed by atoms with Crippen molar-refractivity contribution in [2.75, 3.05) is 33.8 Å². The average molecular weight is 280 g/mol. The lowest BCUT2D eigenvalue weighted by atomic mass is 9.71. The number of carbonyl (C=O) groups excluding carboxylic acids is 2. The lowest BCUT2D eigenvalue weighted by molar-refractivity contribution is -0.166. The minimum atomic E-state index is -0.196. The van der Waals surface area contributed by atoms with Gasteiger partial charge in [-0.1, -0.05) is 0 Å². The molecule has 3 fully saturated rings. The van der Waals surface area contributed by atoms with Gasteiger partial charge in [0.25, 0.3) is 0 Å². The average Bonchev–Trinajstić information content (AvgIpc) is 2.43. The number of methoxy groups -OCH3 is 1. The monoisotopic (exact) mass is 280 g/mol. The minimum Gasteiger partial charge on any atom is -0.378 e. The molecule has 0 radical (unpaired) electrons. The molecule has 0 aromatic heterocycles. The fraction of sp³-hybridized carbons (Fsp3) is 0.867. The molecule has 0 N–H and O–H groups in total. The van der Waals surface area contributed by atoms with Gasteiger partial charge in [-0.2, -0.15) is 0 Å². The Balaban J connectivity index is 1.53. The van der Waals surface area contributed by atoms with Crippen LogP contribution in [-0.4, -0.2) is 61.0 Å². The molecule has 2 amide bonds. The van der Waals surface area contributed by atoms with Crippen LogP contribution in [0, 0.1) is 5.41 Å². The normalized spacial score (nSPS) is 27.2. The summed E-state index contributed by atoms with van der Waals surface area (Å²) in [6.45, 7) is 2.30. The zero-order valence-electron chi connectivity index (χ0n) is 12.5. The standard InChI is InChI=1S/C15H24N2O3/c1-16-11-14(13(16)19)6-8-17(9-7-14)12(18)10-15(20-2)4-3-5-15/h3-11H2,1-2H3. The Morgan fingerprint density at radius 2 is 1.90 bits per heavy atom. The van der Waals surface area contributed by atoms with E-state index in [-0.39, 0.29) is 22.8 Å². The van der Waals surface area contributed by atoms with Gasteiger partial charge in [-0.15, -0.1) is 0 Å². The van der Waals surface area contributed by atoms with Crippen LogP contribution in [0.3, 0.4) is 0 Å². The molecule has 0 atom stereocenters. The van der Waals surface area contributed by atoms with E-state index in [0.717, 1.165) is 51.7 Å². The molecule has 20 heavy (non-hydrogen) atoms. The number of hydrogen-bond donors (Lipinski definition) is 0. The van der Waals surface area contributed by atoms with E-state index in [4.69, 9.17) is 4.74 Å². The Morgan fingerprint density at radius 1 is 1.25 bits per heavy atom. The van der Waals surface area contributed by atoms with Crippen LogP contribution >= 0.6 is 0 Å². The number of rotatable bonds is 3. The lowest BCUT2D eigenvalue weighted by Crippen LogP contribution is -2.63. The third kappa shape index (κ3) is 2.03. The highest BCUT2D eigenvalue weighted by Crippen LogP contribution is 2.42. The summed E-state index contributed by atoms with van der Waals surface area (Å²) < 4.78 is 5.53. The maximum absolute atomic E-state index is 12.4. The van der Waals surface area contributed by atoms with E-state index >= 15 is 0 Å². The molecule has 2 heterocycles. The summed E-state index contributed by atoms with van der Waals surface area (Å²) in [6, 6.07) is 0. The second kappa shape index (κ2) is 4.72. The van der Waals surface area contributed by atoms with E-state index in [9.17, 15) is 9.59 Å². The molecular formula is C15H24N2O3.